The van der Waals surface area contributed by atoms with Crippen molar-refractivity contribution >= 4 is 68.7 Å². The molecular weight excluding hydrogens is 1160 g/mol. The molecule has 1 aromatic carbocycles. The number of benzene rings is 1. The zero-order valence-electron chi connectivity index (χ0n) is 52.7. The van der Waals surface area contributed by atoms with Gasteiger partial charge in [0.15, 0.2) is 5.78 Å². The molecule has 1 aromatic rings. The Morgan fingerprint density at radius 3 is 1.74 bits per heavy atom. The quantitative estimate of drug-likeness (QED) is 0.0138. The van der Waals surface area contributed by atoms with Gasteiger partial charge in [0.05, 0.1) is 44.6 Å². The van der Waals surface area contributed by atoms with Crippen LogP contribution in [-0.4, -0.2) is 159 Å². The summed E-state index contributed by atoms with van der Waals surface area (Å²) < 4.78 is 52.0. The number of phenolic OH excluding ortho intramolecular Hbond substituents is 1. The van der Waals surface area contributed by atoms with Gasteiger partial charge in [0.25, 0.3) is 10.1 Å². The molecule has 5 atom stereocenters. The predicted molar refractivity (Wildman–Crippen MR) is 335 cm³/mol. The number of nitrogens with two attached hydrogens (primary N) is 2. The molecule has 1 unspecified atom stereocenters. The van der Waals surface area contributed by atoms with Crippen molar-refractivity contribution in [2.75, 3.05) is 71.7 Å². The van der Waals surface area contributed by atoms with E-state index in [1.54, 1.807) is 19.1 Å². The largest absolute Gasteiger partial charge is 0.508 e. The Labute approximate surface area is 523 Å². The van der Waals surface area contributed by atoms with E-state index in [1.807, 2.05) is 13.8 Å². The summed E-state index contributed by atoms with van der Waals surface area (Å²) in [5, 5.41) is 34.8. The normalized spacial score (nSPS) is 13.2. The Bertz CT molecular complexity index is 2350. The second-order valence-electron chi connectivity index (χ2n) is 23.3. The molecule has 0 saturated heterocycles. The molecule has 11 N–H and O–H groups in total. The number of carbonyl (C=O) groups is 9. The van der Waals surface area contributed by atoms with Gasteiger partial charge in [-0.05, 0) is 81.4 Å². The Morgan fingerprint density at radius 1 is 0.568 bits per heavy atom. The van der Waals surface area contributed by atoms with E-state index >= 15 is 0 Å². The highest BCUT2D eigenvalue weighted by Crippen LogP contribution is 2.31. The van der Waals surface area contributed by atoms with Crippen LogP contribution in [0.15, 0.2) is 24.3 Å². The lowest BCUT2D eigenvalue weighted by Crippen LogP contribution is -2.41. The molecular formula is C63H108N6O18S. The highest BCUT2D eigenvalue weighted by atomic mass is 32.2. The van der Waals surface area contributed by atoms with Gasteiger partial charge in [0.2, 0.25) is 23.6 Å². The fraction of sp³-hybridized carbons (Fsp3) is 0.746. The molecule has 0 heterocycles. The van der Waals surface area contributed by atoms with Gasteiger partial charge in [-0.15, -0.1) is 0 Å². The summed E-state index contributed by atoms with van der Waals surface area (Å²) in [6.07, 6.45) is 14.0. The van der Waals surface area contributed by atoms with E-state index in [4.69, 9.17) is 40.4 Å². The highest BCUT2D eigenvalue weighted by Gasteiger charge is 2.36. The number of Topliss-reactive ketones (excluding diaryl/α,β-unsaturated/α-hetero) is 4. The zero-order valence-corrected chi connectivity index (χ0v) is 53.5. The van der Waals surface area contributed by atoms with Crippen LogP contribution in [0.1, 0.15) is 195 Å². The minimum atomic E-state index is -3.88. The lowest BCUT2D eigenvalue weighted by atomic mass is 9.75. The van der Waals surface area contributed by atoms with E-state index < -0.39 is 51.7 Å². The van der Waals surface area contributed by atoms with E-state index in [0.717, 1.165) is 57.8 Å². The van der Waals surface area contributed by atoms with E-state index in [0.29, 0.717) is 89.3 Å². The number of ether oxygens (including phenoxy) is 4. The Morgan fingerprint density at radius 2 is 1.14 bits per heavy atom. The third kappa shape index (κ3) is 43.8. The van der Waals surface area contributed by atoms with Crippen LogP contribution in [-0.2, 0) is 78.6 Å². The number of carboxylic acid groups (broad SMARTS) is 1. The van der Waals surface area contributed by atoms with Crippen LogP contribution in [0.5, 0.6) is 5.75 Å². The van der Waals surface area contributed by atoms with Crippen LogP contribution in [0.4, 0.5) is 0 Å². The maximum absolute atomic E-state index is 14.3. The number of carboxylic acids is 1. The number of phenols is 1. The van der Waals surface area contributed by atoms with Crippen molar-refractivity contribution in [2.45, 2.75) is 200 Å². The maximum Gasteiger partial charge on any atom is 0.326 e. The van der Waals surface area contributed by atoms with Crippen molar-refractivity contribution in [3.05, 3.63) is 29.8 Å². The number of unbranched alkanes of at least 4 members (excludes halogenated alkanes) is 12. The number of nitrogens with one attached hydrogen (secondary N) is 4. The van der Waals surface area contributed by atoms with Crippen LogP contribution in [0.3, 0.4) is 0 Å². The Balaban J connectivity index is 0.0000774. The number of ketones is 4. The number of hydrogen-bond acceptors (Lipinski definition) is 17. The highest BCUT2D eigenvalue weighted by molar-refractivity contribution is 7.85. The molecule has 0 spiro atoms. The Hall–Kier alpha value is -5.73. The molecule has 0 aromatic heterocycles. The van der Waals surface area contributed by atoms with Crippen LogP contribution in [0.25, 0.3) is 0 Å². The fourth-order valence-electron chi connectivity index (χ4n) is 10.0. The van der Waals surface area contributed by atoms with Crippen molar-refractivity contribution in [1.29, 1.82) is 5.41 Å². The third-order valence-electron chi connectivity index (χ3n) is 14.9. The van der Waals surface area contributed by atoms with E-state index in [-0.39, 0.29) is 163 Å². The summed E-state index contributed by atoms with van der Waals surface area (Å²) in [6.45, 7) is 6.87. The predicted octanol–water partition coefficient (Wildman–Crippen LogP) is 6.92. The van der Waals surface area contributed by atoms with Gasteiger partial charge in [-0.25, -0.2) is 4.79 Å². The second-order valence-corrected chi connectivity index (χ2v) is 24.9. The minimum Gasteiger partial charge on any atom is -0.508 e. The molecule has 0 aliphatic carbocycles. The molecule has 25 heteroatoms. The van der Waals surface area contributed by atoms with Crippen LogP contribution < -0.4 is 27.4 Å². The first kappa shape index (κ1) is 80.3. The molecule has 0 bridgehead atoms. The zero-order chi connectivity index (χ0) is 65.5. The topological polar surface area (TPSA) is 397 Å². The molecule has 0 fully saturated rings. The molecule has 0 radical (unpaired) electrons. The summed E-state index contributed by atoms with van der Waals surface area (Å²) in [5.74, 6) is -6.73. The molecule has 0 aliphatic rings. The first-order chi connectivity index (χ1) is 41.9. The summed E-state index contributed by atoms with van der Waals surface area (Å²) in [4.78, 5) is 115. The second kappa shape index (κ2) is 49.1. The molecule has 24 nitrogen and oxygen atoms in total. The van der Waals surface area contributed by atoms with E-state index in [1.165, 1.54) is 12.1 Å². The molecule has 4 amide bonds. The number of primary amides is 1. The number of aliphatic carboxylic acids is 1. The fourth-order valence-corrected chi connectivity index (χ4v) is 10.6. The third-order valence-corrected chi connectivity index (χ3v) is 15.7. The van der Waals surface area contributed by atoms with Crippen molar-refractivity contribution in [3.8, 4) is 5.75 Å². The number of aromatic hydroxyl groups is 1. The van der Waals surface area contributed by atoms with Crippen LogP contribution in [0.2, 0.25) is 0 Å². The smallest absolute Gasteiger partial charge is 0.326 e. The van der Waals surface area contributed by atoms with Gasteiger partial charge in [0.1, 0.15) is 42.4 Å². The van der Waals surface area contributed by atoms with E-state index in [2.05, 4.69) is 16.0 Å². The van der Waals surface area contributed by atoms with Gasteiger partial charge < -0.3 is 56.6 Å². The van der Waals surface area contributed by atoms with Crippen LogP contribution in [0, 0.1) is 35.0 Å². The molecule has 88 heavy (non-hydrogen) atoms. The van der Waals surface area contributed by atoms with Crippen molar-refractivity contribution in [3.63, 3.8) is 0 Å². The average Bonchev–Trinajstić information content (AvgIpc) is 3.16. The molecule has 1 rings (SSSR count). The number of hydrogen-bond donors (Lipinski definition) is 9. The van der Waals surface area contributed by atoms with Crippen LogP contribution >= 0.6 is 0 Å². The molecule has 0 aliphatic heterocycles. The molecule has 504 valence electrons. The Kier molecular flexibility index (Phi) is 44.8. The first-order valence-electron chi connectivity index (χ1n) is 31.7. The first-order valence-corrected chi connectivity index (χ1v) is 33.3. The van der Waals surface area contributed by atoms with Gasteiger partial charge in [-0.3, -0.25) is 48.3 Å². The SMILES string of the molecule is CC(C)CC(=O)C[C@@H](CCCCNC(=O)COCCOCCCC(=O)COCCOCCNC(=O)CC[C@H](NC(=O)CCCCCCCCCCCCCS(=O)(=O)O)C(=O)O)C(=O)C(C)[C@@H](CCCCC(=N)N)C(=O)C[C@@H](Cc1ccc(O)cc1)C(N)=O.[HH]. The molecule has 0 saturated carbocycles. The summed E-state index contributed by atoms with van der Waals surface area (Å²) in [6, 6.07) is 5.08. The van der Waals surface area contributed by atoms with Gasteiger partial charge in [-0.1, -0.05) is 104 Å². The maximum atomic E-state index is 14.3. The summed E-state index contributed by atoms with van der Waals surface area (Å²) in [5.41, 5.74) is 12.0. The van der Waals surface area contributed by atoms with Crippen molar-refractivity contribution in [2.24, 2.45) is 41.1 Å². The van der Waals surface area contributed by atoms with E-state index in [9.17, 15) is 61.8 Å². The summed E-state index contributed by atoms with van der Waals surface area (Å²) >= 11 is 0. The number of carbonyl (C=O) groups excluding carboxylic acids is 8. The monoisotopic (exact) mass is 1270 g/mol. The minimum absolute atomic E-state index is 0. The van der Waals surface area contributed by atoms with Gasteiger partial charge in [0, 0.05) is 89.7 Å². The number of rotatable bonds is 59. The van der Waals surface area contributed by atoms with Crippen molar-refractivity contribution < 1.29 is 86.7 Å². The number of amides is 4. The summed E-state index contributed by atoms with van der Waals surface area (Å²) in [7, 11) is -3.88. The number of amidine groups is 1. The lowest BCUT2D eigenvalue weighted by molar-refractivity contribution is -0.142. The average molecular weight is 1270 g/mol. The van der Waals surface area contributed by atoms with Gasteiger partial charge >= 0.3 is 5.97 Å². The van der Waals surface area contributed by atoms with Gasteiger partial charge in [-0.2, -0.15) is 8.42 Å². The lowest BCUT2D eigenvalue weighted by Gasteiger charge is -2.27. The van der Waals surface area contributed by atoms with Crippen molar-refractivity contribution in [1.82, 2.24) is 16.0 Å². The standard InChI is InChI=1S/C63H106N6O18S.H2/c1-46(2)40-53(72)42-49(61(77)47(3)54(22-14-15-23-57(64)65)56(73)43-50(62(66)78)41-48-25-27-51(70)28-26-48)20-16-17-31-67-60(76)45-87-38-35-84-33-19-21-52(71)44-86-37-36-85-34-32-68-58(74)30-29-55(63(79)80)69-59(75)24-13-11-9-7-5-4-6-8-10-12-18-39-88(81,82)83;/h25-28,46-47,49-50,54-55,70H,4-24,29-45H2,1-3H3,(H3,64,65)(H2,66,78)(H,67,76)(H,68,74)(H,69,75)(H,79,80)(H,81,82,83);1H/t47?,49-,50-,54-,55+;/m1./s1.